The molecule has 1 aromatic rings. The lowest BCUT2D eigenvalue weighted by Crippen LogP contribution is -2.10. The Morgan fingerprint density at radius 1 is 1.31 bits per heavy atom. The number of rotatable bonds is 3. The molecular weight excluding hydrogens is 160 g/mol. The van der Waals surface area contributed by atoms with Crippen LogP contribution in [0.15, 0.2) is 30.3 Å². The second kappa shape index (κ2) is 3.33. The number of carbonyl (C=O) groups excluding carboxylic acids is 1. The van der Waals surface area contributed by atoms with Gasteiger partial charge in [-0.2, -0.15) is 0 Å². The quantitative estimate of drug-likeness (QED) is 0.688. The fourth-order valence-electron chi connectivity index (χ4n) is 1.63. The summed E-state index contributed by atoms with van der Waals surface area (Å²) in [6.07, 6.45) is 2.21. The Labute approximate surface area is 78.8 Å². The van der Waals surface area contributed by atoms with Crippen molar-refractivity contribution in [3.8, 4) is 0 Å². The van der Waals surface area contributed by atoms with Crippen molar-refractivity contribution in [3.63, 3.8) is 0 Å². The number of carbonyl (C=O) groups is 1. The summed E-state index contributed by atoms with van der Waals surface area (Å²) in [5.74, 6) is 0.884. The lowest BCUT2D eigenvalue weighted by Gasteiger charge is -2.09. The second-order valence-electron chi connectivity index (χ2n) is 3.81. The number of Topliss-reactive ketones (excluding diaryl/α,β-unsaturated/α-hetero) is 1. The van der Waals surface area contributed by atoms with Crippen LogP contribution in [0.5, 0.6) is 0 Å². The zero-order valence-corrected chi connectivity index (χ0v) is 7.86. The third kappa shape index (κ3) is 1.80. The molecule has 1 aromatic carbocycles. The Morgan fingerprint density at radius 2 is 1.92 bits per heavy atom. The summed E-state index contributed by atoms with van der Waals surface area (Å²) in [5.41, 5.74) is 1.15. The first-order valence-electron chi connectivity index (χ1n) is 4.87. The molecular formula is C12H14O. The molecule has 0 saturated heterocycles. The van der Waals surface area contributed by atoms with Gasteiger partial charge in [0.05, 0.1) is 0 Å². The molecule has 13 heavy (non-hydrogen) atoms. The monoisotopic (exact) mass is 174 g/mol. The molecule has 1 aliphatic carbocycles. The Morgan fingerprint density at radius 3 is 2.46 bits per heavy atom. The van der Waals surface area contributed by atoms with Gasteiger partial charge < -0.3 is 0 Å². The molecule has 68 valence electrons. The molecule has 1 atom stereocenters. The van der Waals surface area contributed by atoms with Crippen molar-refractivity contribution >= 4 is 5.78 Å². The third-order valence-corrected chi connectivity index (χ3v) is 2.71. The van der Waals surface area contributed by atoms with Crippen molar-refractivity contribution < 1.29 is 4.79 Å². The fourth-order valence-corrected chi connectivity index (χ4v) is 1.63. The van der Waals surface area contributed by atoms with Crippen LogP contribution in [0.2, 0.25) is 0 Å². The maximum atomic E-state index is 11.7. The van der Waals surface area contributed by atoms with Gasteiger partial charge in [-0.05, 0) is 18.4 Å². The van der Waals surface area contributed by atoms with Crippen LogP contribution < -0.4 is 0 Å². The van der Waals surface area contributed by atoms with Gasteiger partial charge >= 0.3 is 0 Å². The molecule has 0 N–H and O–H groups in total. The molecule has 0 aliphatic heterocycles. The molecule has 0 unspecified atom stereocenters. The van der Waals surface area contributed by atoms with Crippen molar-refractivity contribution in [1.29, 1.82) is 0 Å². The van der Waals surface area contributed by atoms with E-state index in [0.29, 0.717) is 11.7 Å². The molecule has 0 aromatic heterocycles. The first-order chi connectivity index (χ1) is 6.29. The summed E-state index contributed by atoms with van der Waals surface area (Å²) in [6, 6.07) is 10.0. The summed E-state index contributed by atoms with van der Waals surface area (Å²) >= 11 is 0. The number of hydrogen-bond donors (Lipinski definition) is 0. The van der Waals surface area contributed by atoms with E-state index in [-0.39, 0.29) is 5.92 Å². The summed E-state index contributed by atoms with van der Waals surface area (Å²) in [4.78, 5) is 11.7. The first kappa shape index (κ1) is 8.49. The zero-order chi connectivity index (χ0) is 9.26. The molecule has 1 fully saturated rings. The fraction of sp³-hybridized carbons (Fsp3) is 0.417. The average Bonchev–Trinajstić information content (AvgIpc) is 3.00. The topological polar surface area (TPSA) is 17.1 Å². The second-order valence-corrected chi connectivity index (χ2v) is 3.81. The molecule has 2 rings (SSSR count). The van der Waals surface area contributed by atoms with E-state index < -0.39 is 0 Å². The number of benzene rings is 1. The molecule has 0 bridgehead atoms. The van der Waals surface area contributed by atoms with Crippen molar-refractivity contribution in [2.24, 2.45) is 5.92 Å². The standard InChI is InChI=1S/C12H14O/c1-9(12(13)11-7-8-11)10-5-3-2-4-6-10/h2-6,9,11H,7-8H2,1H3/t9-/m1/s1. The minimum absolute atomic E-state index is 0.0914. The Balaban J connectivity index is 2.12. The lowest BCUT2D eigenvalue weighted by molar-refractivity contribution is -0.121. The van der Waals surface area contributed by atoms with Gasteiger partial charge in [-0.25, -0.2) is 0 Å². The zero-order valence-electron chi connectivity index (χ0n) is 7.86. The Kier molecular flexibility index (Phi) is 2.17. The van der Waals surface area contributed by atoms with Gasteiger partial charge in [-0.15, -0.1) is 0 Å². The minimum Gasteiger partial charge on any atom is -0.299 e. The average molecular weight is 174 g/mol. The number of hydrogen-bond acceptors (Lipinski definition) is 1. The molecule has 0 spiro atoms. The molecule has 1 aliphatic rings. The Bertz CT molecular complexity index is 298. The van der Waals surface area contributed by atoms with Crippen molar-refractivity contribution in [3.05, 3.63) is 35.9 Å². The molecule has 0 heterocycles. The van der Waals surface area contributed by atoms with Crippen LogP contribution >= 0.6 is 0 Å². The highest BCUT2D eigenvalue weighted by Crippen LogP contribution is 2.35. The van der Waals surface area contributed by atoms with Gasteiger partial charge in [0.25, 0.3) is 0 Å². The highest BCUT2D eigenvalue weighted by Gasteiger charge is 2.32. The lowest BCUT2D eigenvalue weighted by atomic mass is 9.94. The van der Waals surface area contributed by atoms with E-state index in [9.17, 15) is 4.79 Å². The smallest absolute Gasteiger partial charge is 0.143 e. The predicted molar refractivity (Wildman–Crippen MR) is 52.6 cm³/mol. The SMILES string of the molecule is C[C@@H](C(=O)C1CC1)c1ccccc1. The minimum atomic E-state index is 0.0914. The van der Waals surface area contributed by atoms with Gasteiger partial charge in [0.2, 0.25) is 0 Å². The maximum absolute atomic E-state index is 11.7. The van der Waals surface area contributed by atoms with Gasteiger partial charge in [-0.3, -0.25) is 4.79 Å². The molecule has 0 amide bonds. The summed E-state index contributed by atoms with van der Waals surface area (Å²) in [5, 5.41) is 0. The summed E-state index contributed by atoms with van der Waals surface area (Å²) in [6.45, 7) is 2.01. The van der Waals surface area contributed by atoms with Gasteiger partial charge in [-0.1, -0.05) is 37.3 Å². The predicted octanol–water partition coefficient (Wildman–Crippen LogP) is 2.77. The van der Waals surface area contributed by atoms with E-state index in [1.807, 2.05) is 37.3 Å². The van der Waals surface area contributed by atoms with E-state index in [1.165, 1.54) is 0 Å². The van der Waals surface area contributed by atoms with Crippen LogP contribution in [0, 0.1) is 5.92 Å². The van der Waals surface area contributed by atoms with E-state index >= 15 is 0 Å². The Hall–Kier alpha value is -1.11. The van der Waals surface area contributed by atoms with Crippen LogP contribution in [-0.2, 0) is 4.79 Å². The van der Waals surface area contributed by atoms with Crippen molar-refractivity contribution in [1.82, 2.24) is 0 Å². The van der Waals surface area contributed by atoms with Crippen LogP contribution in [0.4, 0.5) is 0 Å². The molecule has 1 saturated carbocycles. The highest BCUT2D eigenvalue weighted by atomic mass is 16.1. The van der Waals surface area contributed by atoms with E-state index in [2.05, 4.69) is 0 Å². The summed E-state index contributed by atoms with van der Waals surface area (Å²) < 4.78 is 0. The van der Waals surface area contributed by atoms with Crippen molar-refractivity contribution in [2.75, 3.05) is 0 Å². The van der Waals surface area contributed by atoms with Crippen LogP contribution in [0.1, 0.15) is 31.2 Å². The molecule has 0 radical (unpaired) electrons. The number of ketones is 1. The van der Waals surface area contributed by atoms with Crippen LogP contribution in [0.3, 0.4) is 0 Å². The maximum Gasteiger partial charge on any atom is 0.143 e. The van der Waals surface area contributed by atoms with Crippen LogP contribution in [-0.4, -0.2) is 5.78 Å². The van der Waals surface area contributed by atoms with E-state index in [0.717, 1.165) is 18.4 Å². The van der Waals surface area contributed by atoms with E-state index in [1.54, 1.807) is 0 Å². The first-order valence-corrected chi connectivity index (χ1v) is 4.87. The molecule has 1 heteroatoms. The van der Waals surface area contributed by atoms with Gasteiger partial charge in [0.1, 0.15) is 5.78 Å². The van der Waals surface area contributed by atoms with E-state index in [4.69, 9.17) is 0 Å². The third-order valence-electron chi connectivity index (χ3n) is 2.71. The van der Waals surface area contributed by atoms with Crippen LogP contribution in [0.25, 0.3) is 0 Å². The normalized spacial score (nSPS) is 18.2. The highest BCUT2D eigenvalue weighted by molar-refractivity contribution is 5.89. The largest absolute Gasteiger partial charge is 0.299 e. The van der Waals surface area contributed by atoms with Gasteiger partial charge in [0.15, 0.2) is 0 Å². The van der Waals surface area contributed by atoms with Gasteiger partial charge in [0, 0.05) is 11.8 Å². The van der Waals surface area contributed by atoms with Crippen molar-refractivity contribution in [2.45, 2.75) is 25.7 Å². The summed E-state index contributed by atoms with van der Waals surface area (Å²) in [7, 11) is 0. The molecule has 1 nitrogen and oxygen atoms in total.